The Balaban J connectivity index is 5.54. The zero-order valence-electron chi connectivity index (χ0n) is 21.3. The van der Waals surface area contributed by atoms with Gasteiger partial charge in [0.2, 0.25) is 0 Å². The lowest BCUT2D eigenvalue weighted by Gasteiger charge is -2.31. The Labute approximate surface area is 192 Å². The molecule has 0 fully saturated rings. The molecule has 0 aliphatic carbocycles. The fraction of sp³-hybridized carbons (Fsp3) is 0.783. The van der Waals surface area contributed by atoms with Gasteiger partial charge >= 0.3 is 18.3 Å². The summed E-state index contributed by atoms with van der Waals surface area (Å²) in [4.78, 5) is 38.4. The van der Waals surface area contributed by atoms with Crippen molar-refractivity contribution in [3.05, 3.63) is 12.2 Å². The number of amides is 3. The summed E-state index contributed by atoms with van der Waals surface area (Å²) in [7, 11) is 0. The van der Waals surface area contributed by atoms with Crippen molar-refractivity contribution in [3.8, 4) is 0 Å². The Morgan fingerprint density at radius 1 is 0.875 bits per heavy atom. The predicted molar refractivity (Wildman–Crippen MR) is 122 cm³/mol. The van der Waals surface area contributed by atoms with E-state index >= 15 is 0 Å². The lowest BCUT2D eigenvalue weighted by atomic mass is 9.95. The summed E-state index contributed by atoms with van der Waals surface area (Å²) >= 11 is 0. The Morgan fingerprint density at radius 2 is 1.31 bits per heavy atom. The average Bonchev–Trinajstić information content (AvgIpc) is 2.54. The van der Waals surface area contributed by atoms with E-state index in [-0.39, 0.29) is 25.5 Å². The van der Waals surface area contributed by atoms with E-state index in [0.717, 1.165) is 4.90 Å². The van der Waals surface area contributed by atoms with Crippen molar-refractivity contribution < 1.29 is 33.7 Å². The highest BCUT2D eigenvalue weighted by molar-refractivity contribution is 5.88. The second-order valence-electron chi connectivity index (χ2n) is 10.5. The molecule has 2 N–H and O–H groups in total. The van der Waals surface area contributed by atoms with Crippen LogP contribution in [0.15, 0.2) is 12.2 Å². The van der Waals surface area contributed by atoms with Crippen molar-refractivity contribution >= 4 is 18.3 Å². The zero-order chi connectivity index (χ0) is 25.3. The molecule has 186 valence electrons. The Morgan fingerprint density at radius 3 is 1.66 bits per heavy atom. The van der Waals surface area contributed by atoms with Crippen LogP contribution in [-0.4, -0.2) is 64.3 Å². The van der Waals surface area contributed by atoms with Crippen LogP contribution in [0.5, 0.6) is 0 Å². The smallest absolute Gasteiger partial charge is 0.419 e. The number of hydrogen-bond donors (Lipinski definition) is 2. The van der Waals surface area contributed by atoms with Crippen molar-refractivity contribution in [1.29, 1.82) is 0 Å². The first kappa shape index (κ1) is 29.7. The largest absolute Gasteiger partial charge is 0.444 e. The van der Waals surface area contributed by atoms with Crippen molar-refractivity contribution in [2.45, 2.75) is 98.5 Å². The van der Waals surface area contributed by atoms with Gasteiger partial charge in [0.1, 0.15) is 16.8 Å². The lowest BCUT2D eigenvalue weighted by Crippen LogP contribution is -2.47. The SMILES string of the molecule is CC=C[C@H](CCN(C(=O)OC(C)(C)C)C(=O)OC(C)(C)C)[C@@H](CO)NC(=O)OC(C)(C)C. The van der Waals surface area contributed by atoms with Crippen LogP contribution in [0.25, 0.3) is 0 Å². The number of carbonyl (C=O) groups is 3. The molecule has 9 heteroatoms. The molecule has 0 aromatic heterocycles. The second-order valence-corrected chi connectivity index (χ2v) is 10.5. The van der Waals surface area contributed by atoms with Gasteiger partial charge in [-0.15, -0.1) is 0 Å². The average molecular weight is 459 g/mol. The fourth-order valence-corrected chi connectivity index (χ4v) is 2.60. The van der Waals surface area contributed by atoms with Crippen molar-refractivity contribution in [2.75, 3.05) is 13.2 Å². The van der Waals surface area contributed by atoms with Gasteiger partial charge < -0.3 is 24.6 Å². The summed E-state index contributed by atoms with van der Waals surface area (Å²) in [6.07, 6.45) is 1.50. The van der Waals surface area contributed by atoms with Gasteiger partial charge in [-0.3, -0.25) is 0 Å². The summed E-state index contributed by atoms with van der Waals surface area (Å²) in [6, 6.07) is -0.680. The van der Waals surface area contributed by atoms with Gasteiger partial charge in [-0.25, -0.2) is 19.3 Å². The number of rotatable bonds is 7. The van der Waals surface area contributed by atoms with Crippen LogP contribution in [0, 0.1) is 5.92 Å². The first-order valence-corrected chi connectivity index (χ1v) is 10.8. The molecular formula is C23H42N2O7. The van der Waals surface area contributed by atoms with Crippen LogP contribution in [0.3, 0.4) is 0 Å². The number of hydrogen-bond acceptors (Lipinski definition) is 7. The molecule has 3 amide bonds. The van der Waals surface area contributed by atoms with E-state index in [1.807, 2.05) is 0 Å². The third-order valence-corrected chi connectivity index (χ3v) is 3.77. The molecule has 0 spiro atoms. The van der Waals surface area contributed by atoms with Crippen molar-refractivity contribution in [1.82, 2.24) is 10.2 Å². The molecule has 0 saturated carbocycles. The summed E-state index contributed by atoms with van der Waals surface area (Å²) < 4.78 is 16.0. The van der Waals surface area contributed by atoms with Crippen LogP contribution in [0.4, 0.5) is 14.4 Å². The lowest BCUT2D eigenvalue weighted by molar-refractivity contribution is 0.000155. The number of imide groups is 1. The predicted octanol–water partition coefficient (Wildman–Crippen LogP) is 4.63. The number of nitrogens with zero attached hydrogens (tertiary/aromatic N) is 1. The second kappa shape index (κ2) is 12.1. The summed E-state index contributed by atoms with van der Waals surface area (Å²) in [5.74, 6) is -0.384. The summed E-state index contributed by atoms with van der Waals surface area (Å²) in [6.45, 7) is 16.8. The van der Waals surface area contributed by atoms with Gasteiger partial charge in [-0.1, -0.05) is 12.2 Å². The number of ether oxygens (including phenoxy) is 3. The van der Waals surface area contributed by atoms with Gasteiger partial charge in [0.15, 0.2) is 0 Å². The fourth-order valence-electron chi connectivity index (χ4n) is 2.60. The molecule has 0 bridgehead atoms. The standard InChI is InChI=1S/C23H42N2O7/c1-11-12-16(17(15-26)24-18(27)30-21(2,3)4)13-14-25(19(28)31-22(5,6)7)20(29)32-23(8,9)10/h11-12,16-17,26H,13-15H2,1-10H3,(H,24,27)/t16-,17-/m1/s1. The number of nitrogens with one attached hydrogen (secondary N) is 1. The number of allylic oxidation sites excluding steroid dienone is 1. The molecule has 9 nitrogen and oxygen atoms in total. The zero-order valence-corrected chi connectivity index (χ0v) is 21.3. The maximum absolute atomic E-state index is 12.7. The topological polar surface area (TPSA) is 114 Å². The molecule has 0 saturated heterocycles. The van der Waals surface area contributed by atoms with E-state index in [2.05, 4.69) is 5.32 Å². The number of aliphatic hydroxyl groups is 1. The van der Waals surface area contributed by atoms with Crippen LogP contribution in [0.2, 0.25) is 0 Å². The van der Waals surface area contributed by atoms with E-state index in [1.54, 1.807) is 81.4 Å². The summed E-state index contributed by atoms with van der Waals surface area (Å²) in [5, 5.41) is 12.5. The minimum atomic E-state index is -0.827. The number of carbonyl (C=O) groups excluding carboxylic acids is 3. The minimum absolute atomic E-state index is 0.0364. The monoisotopic (exact) mass is 458 g/mol. The quantitative estimate of drug-likeness (QED) is 0.422. The maximum atomic E-state index is 12.7. The normalized spacial score (nSPS) is 14.5. The van der Waals surface area contributed by atoms with Crippen LogP contribution in [0.1, 0.15) is 75.7 Å². The molecule has 2 atom stereocenters. The maximum Gasteiger partial charge on any atom is 0.419 e. The Bertz CT molecular complexity index is 627. The Kier molecular flexibility index (Phi) is 11.2. The van der Waals surface area contributed by atoms with Gasteiger partial charge in [0.05, 0.1) is 12.6 Å². The number of alkyl carbamates (subject to hydrolysis) is 1. The molecule has 0 aliphatic rings. The molecule has 0 aromatic carbocycles. The van der Waals surface area contributed by atoms with E-state index in [4.69, 9.17) is 14.2 Å². The van der Waals surface area contributed by atoms with Crippen LogP contribution < -0.4 is 5.32 Å². The van der Waals surface area contributed by atoms with Gasteiger partial charge in [0, 0.05) is 12.5 Å². The molecule has 32 heavy (non-hydrogen) atoms. The third kappa shape index (κ3) is 13.2. The highest BCUT2D eigenvalue weighted by atomic mass is 16.6. The van der Waals surface area contributed by atoms with E-state index in [9.17, 15) is 19.5 Å². The molecule has 0 unspecified atom stereocenters. The third-order valence-electron chi connectivity index (χ3n) is 3.77. The molecular weight excluding hydrogens is 416 g/mol. The number of aliphatic hydroxyl groups excluding tert-OH is 1. The van der Waals surface area contributed by atoms with Crippen LogP contribution in [-0.2, 0) is 14.2 Å². The molecule has 0 aromatic rings. The Hall–Kier alpha value is -2.29. The van der Waals surface area contributed by atoms with Gasteiger partial charge in [0.25, 0.3) is 0 Å². The highest BCUT2D eigenvalue weighted by Crippen LogP contribution is 2.19. The first-order chi connectivity index (χ1) is 14.4. The molecule has 0 radical (unpaired) electrons. The van der Waals surface area contributed by atoms with E-state index in [1.165, 1.54) is 0 Å². The molecule has 0 aliphatic heterocycles. The van der Waals surface area contributed by atoms with Crippen molar-refractivity contribution in [3.63, 3.8) is 0 Å². The molecule has 0 heterocycles. The van der Waals surface area contributed by atoms with E-state index < -0.39 is 41.1 Å². The summed E-state index contributed by atoms with van der Waals surface area (Å²) in [5.41, 5.74) is -2.29. The van der Waals surface area contributed by atoms with Gasteiger partial charge in [-0.2, -0.15) is 0 Å². The minimum Gasteiger partial charge on any atom is -0.444 e. The van der Waals surface area contributed by atoms with Gasteiger partial charge in [-0.05, 0) is 75.7 Å². The van der Waals surface area contributed by atoms with Crippen LogP contribution >= 0.6 is 0 Å². The van der Waals surface area contributed by atoms with Crippen molar-refractivity contribution in [2.24, 2.45) is 5.92 Å². The highest BCUT2D eigenvalue weighted by Gasteiger charge is 2.32. The molecule has 0 rings (SSSR count). The van der Waals surface area contributed by atoms with E-state index in [0.29, 0.717) is 0 Å². The first-order valence-electron chi connectivity index (χ1n) is 10.8.